The van der Waals surface area contributed by atoms with Crippen molar-refractivity contribution >= 4 is 0 Å². The van der Waals surface area contributed by atoms with Crippen LogP contribution in [0.3, 0.4) is 0 Å². The predicted octanol–water partition coefficient (Wildman–Crippen LogP) is 2.22. The Morgan fingerprint density at radius 1 is 1.05 bits per heavy atom. The van der Waals surface area contributed by atoms with Crippen LogP contribution >= 0.6 is 0 Å². The summed E-state index contributed by atoms with van der Waals surface area (Å²) >= 11 is 0. The molecule has 5 nitrogen and oxygen atoms in total. The SMILES string of the molecule is N#Cc1ccc(-n2cc([C@H](O)c3ccccc3)nn2)cc1. The third kappa shape index (κ3) is 2.66. The molecule has 0 aliphatic heterocycles. The summed E-state index contributed by atoms with van der Waals surface area (Å²) in [5.41, 5.74) is 2.62. The lowest BCUT2D eigenvalue weighted by Gasteiger charge is -2.06. The molecule has 1 heterocycles. The molecule has 1 aromatic heterocycles. The molecule has 1 atom stereocenters. The Bertz CT molecular complexity index is 772. The lowest BCUT2D eigenvalue weighted by Crippen LogP contribution is -1.99. The Hall–Kier alpha value is -2.97. The van der Waals surface area contributed by atoms with Gasteiger partial charge in [0.2, 0.25) is 0 Å². The summed E-state index contributed by atoms with van der Waals surface area (Å²) in [4.78, 5) is 0. The van der Waals surface area contributed by atoms with Crippen LogP contribution in [0.1, 0.15) is 22.9 Å². The number of rotatable bonds is 3. The average Bonchev–Trinajstić information content (AvgIpc) is 3.05. The van der Waals surface area contributed by atoms with Crippen LogP contribution in [-0.2, 0) is 0 Å². The lowest BCUT2D eigenvalue weighted by atomic mass is 10.1. The van der Waals surface area contributed by atoms with E-state index in [1.54, 1.807) is 35.1 Å². The molecule has 3 rings (SSSR count). The zero-order chi connectivity index (χ0) is 14.7. The number of hydrogen-bond acceptors (Lipinski definition) is 4. The highest BCUT2D eigenvalue weighted by Crippen LogP contribution is 2.20. The maximum absolute atomic E-state index is 10.3. The molecule has 102 valence electrons. The van der Waals surface area contributed by atoms with Crippen molar-refractivity contribution in [2.45, 2.75) is 6.10 Å². The Kier molecular flexibility index (Phi) is 3.46. The molecular formula is C16H12N4O. The monoisotopic (exact) mass is 276 g/mol. The summed E-state index contributed by atoms with van der Waals surface area (Å²) < 4.78 is 1.57. The minimum absolute atomic E-state index is 0.477. The number of benzene rings is 2. The molecule has 0 amide bonds. The van der Waals surface area contributed by atoms with Gasteiger partial charge < -0.3 is 5.11 Å². The van der Waals surface area contributed by atoms with Gasteiger partial charge in [0.1, 0.15) is 11.8 Å². The molecule has 0 unspecified atom stereocenters. The maximum Gasteiger partial charge on any atom is 0.124 e. The first-order valence-electron chi connectivity index (χ1n) is 6.44. The van der Waals surface area contributed by atoms with Crippen molar-refractivity contribution in [2.75, 3.05) is 0 Å². The van der Waals surface area contributed by atoms with Gasteiger partial charge in [0.25, 0.3) is 0 Å². The second-order valence-corrected chi connectivity index (χ2v) is 4.56. The van der Waals surface area contributed by atoms with E-state index in [1.807, 2.05) is 30.3 Å². The number of nitriles is 1. The Balaban J connectivity index is 1.87. The van der Waals surface area contributed by atoms with Gasteiger partial charge in [0, 0.05) is 0 Å². The number of nitrogens with zero attached hydrogens (tertiary/aromatic N) is 4. The van der Waals surface area contributed by atoms with Crippen LogP contribution in [-0.4, -0.2) is 20.1 Å². The van der Waals surface area contributed by atoms with Crippen LogP contribution in [0.5, 0.6) is 0 Å². The Labute approximate surface area is 121 Å². The van der Waals surface area contributed by atoms with Gasteiger partial charge in [-0.3, -0.25) is 0 Å². The fourth-order valence-electron chi connectivity index (χ4n) is 2.02. The van der Waals surface area contributed by atoms with E-state index in [9.17, 15) is 5.11 Å². The fraction of sp³-hybridized carbons (Fsp3) is 0.0625. The molecule has 21 heavy (non-hydrogen) atoms. The molecule has 3 aromatic rings. The van der Waals surface area contributed by atoms with Crippen molar-refractivity contribution in [1.29, 1.82) is 5.26 Å². The van der Waals surface area contributed by atoms with Crippen LogP contribution < -0.4 is 0 Å². The number of hydrogen-bond donors (Lipinski definition) is 1. The third-order valence-corrected chi connectivity index (χ3v) is 3.17. The zero-order valence-corrected chi connectivity index (χ0v) is 11.1. The van der Waals surface area contributed by atoms with Crippen LogP contribution in [0.2, 0.25) is 0 Å². The summed E-state index contributed by atoms with van der Waals surface area (Å²) in [6, 6.07) is 18.4. The highest BCUT2D eigenvalue weighted by Gasteiger charge is 2.14. The van der Waals surface area contributed by atoms with Crippen molar-refractivity contribution in [3.63, 3.8) is 0 Å². The molecule has 1 N–H and O–H groups in total. The number of aliphatic hydroxyl groups is 1. The smallest absolute Gasteiger partial charge is 0.124 e. The summed E-state index contributed by atoms with van der Waals surface area (Å²) in [5.74, 6) is 0. The Morgan fingerprint density at radius 2 is 1.76 bits per heavy atom. The summed E-state index contributed by atoms with van der Waals surface area (Å²) in [6.45, 7) is 0. The largest absolute Gasteiger partial charge is 0.382 e. The third-order valence-electron chi connectivity index (χ3n) is 3.17. The summed E-state index contributed by atoms with van der Waals surface area (Å²) in [7, 11) is 0. The minimum atomic E-state index is -0.807. The average molecular weight is 276 g/mol. The van der Waals surface area contributed by atoms with Gasteiger partial charge in [0.05, 0.1) is 23.5 Å². The van der Waals surface area contributed by atoms with E-state index in [0.717, 1.165) is 11.3 Å². The van der Waals surface area contributed by atoms with Crippen molar-refractivity contribution in [2.24, 2.45) is 0 Å². The molecule has 0 aliphatic carbocycles. The maximum atomic E-state index is 10.3. The van der Waals surface area contributed by atoms with E-state index in [4.69, 9.17) is 5.26 Å². The first kappa shape index (κ1) is 13.0. The van der Waals surface area contributed by atoms with Gasteiger partial charge >= 0.3 is 0 Å². The predicted molar refractivity (Wildman–Crippen MR) is 76.6 cm³/mol. The number of aromatic nitrogens is 3. The first-order valence-corrected chi connectivity index (χ1v) is 6.44. The molecule has 0 fully saturated rings. The highest BCUT2D eigenvalue weighted by atomic mass is 16.3. The van der Waals surface area contributed by atoms with Gasteiger partial charge in [0.15, 0.2) is 0 Å². The minimum Gasteiger partial charge on any atom is -0.382 e. The van der Waals surface area contributed by atoms with Crippen molar-refractivity contribution in [3.8, 4) is 11.8 Å². The molecule has 0 saturated heterocycles. The van der Waals surface area contributed by atoms with Crippen LogP contribution in [0.15, 0.2) is 60.8 Å². The van der Waals surface area contributed by atoms with Crippen LogP contribution in [0.4, 0.5) is 0 Å². The van der Waals surface area contributed by atoms with E-state index in [0.29, 0.717) is 11.3 Å². The molecule has 0 saturated carbocycles. The van der Waals surface area contributed by atoms with Crippen molar-refractivity contribution in [1.82, 2.24) is 15.0 Å². The van der Waals surface area contributed by atoms with E-state index in [1.165, 1.54) is 0 Å². The molecule has 0 bridgehead atoms. The van der Waals surface area contributed by atoms with Crippen molar-refractivity contribution in [3.05, 3.63) is 77.6 Å². The summed E-state index contributed by atoms with van der Waals surface area (Å²) in [5, 5.41) is 27.1. The zero-order valence-electron chi connectivity index (χ0n) is 11.1. The van der Waals surface area contributed by atoms with E-state index in [2.05, 4.69) is 16.4 Å². The molecule has 2 aromatic carbocycles. The first-order chi connectivity index (χ1) is 10.3. The molecule has 5 heteroatoms. The van der Waals surface area contributed by atoms with Gasteiger partial charge in [-0.15, -0.1) is 5.10 Å². The Morgan fingerprint density at radius 3 is 2.43 bits per heavy atom. The topological polar surface area (TPSA) is 74.7 Å². The highest BCUT2D eigenvalue weighted by molar-refractivity contribution is 5.39. The van der Waals surface area contributed by atoms with Crippen LogP contribution in [0, 0.1) is 11.3 Å². The molecular weight excluding hydrogens is 264 g/mol. The molecule has 0 aliphatic rings. The fourth-order valence-corrected chi connectivity index (χ4v) is 2.02. The van der Waals surface area contributed by atoms with Crippen LogP contribution in [0.25, 0.3) is 5.69 Å². The second kappa shape index (κ2) is 5.57. The quantitative estimate of drug-likeness (QED) is 0.796. The lowest BCUT2D eigenvalue weighted by molar-refractivity contribution is 0.215. The van der Waals surface area contributed by atoms with Gasteiger partial charge in [-0.25, -0.2) is 4.68 Å². The second-order valence-electron chi connectivity index (χ2n) is 4.56. The standard InChI is InChI=1S/C16H12N4O/c17-10-12-6-8-14(9-7-12)20-11-15(18-19-20)16(21)13-4-2-1-3-5-13/h1-9,11,16,21H/t16-/m1/s1. The van der Waals surface area contributed by atoms with E-state index in [-0.39, 0.29) is 0 Å². The molecule has 0 spiro atoms. The van der Waals surface area contributed by atoms with Gasteiger partial charge in [-0.2, -0.15) is 5.26 Å². The van der Waals surface area contributed by atoms with Crippen molar-refractivity contribution < 1.29 is 5.11 Å². The normalized spacial score (nSPS) is 11.8. The van der Waals surface area contributed by atoms with E-state index < -0.39 is 6.10 Å². The number of aliphatic hydroxyl groups excluding tert-OH is 1. The van der Waals surface area contributed by atoms with Gasteiger partial charge in [-0.1, -0.05) is 35.5 Å². The summed E-state index contributed by atoms with van der Waals surface area (Å²) in [6.07, 6.45) is 0.873. The van der Waals surface area contributed by atoms with Gasteiger partial charge in [-0.05, 0) is 29.8 Å². The van der Waals surface area contributed by atoms with E-state index >= 15 is 0 Å². The molecule has 0 radical (unpaired) electrons.